The minimum Gasteiger partial charge on any atom is -0.478 e. The topological polar surface area (TPSA) is 68.9 Å². The molecule has 0 fully saturated rings. The Kier molecular flexibility index (Phi) is 8.47. The lowest BCUT2D eigenvalue weighted by atomic mass is 9.94. The number of aromatic nitrogens is 2. The molecule has 2 aromatic heterocycles. The standard InChI is InChI=1S/C37H35F3N2O2/c38-37(39,40)19-9-5-3-1-2-4-6-12-24-13-10-15-25(20-24)28-16-11-18-31-34(28)35-29(36(43)44)21-27(23-33(35)42-31)32-22-26-14-7-8-17-30(26)41-32/h7-8,10-11,13-18,20-23,41-42H,1-6,9,12,19H2,(H,43,44). The number of halogens is 3. The van der Waals surface area contributed by atoms with E-state index in [2.05, 4.69) is 28.2 Å². The van der Waals surface area contributed by atoms with E-state index in [-0.39, 0.29) is 12.0 Å². The van der Waals surface area contributed by atoms with Crippen molar-refractivity contribution in [3.8, 4) is 22.4 Å². The molecule has 7 heteroatoms. The van der Waals surface area contributed by atoms with E-state index in [0.717, 1.165) is 88.2 Å². The number of hydrogen-bond acceptors (Lipinski definition) is 1. The first-order valence-corrected chi connectivity index (χ1v) is 15.3. The van der Waals surface area contributed by atoms with Crippen LogP contribution in [0.15, 0.2) is 84.9 Å². The largest absolute Gasteiger partial charge is 0.478 e. The van der Waals surface area contributed by atoms with E-state index in [9.17, 15) is 23.1 Å². The summed E-state index contributed by atoms with van der Waals surface area (Å²) in [6, 6.07) is 28.2. The Morgan fingerprint density at radius 1 is 0.659 bits per heavy atom. The van der Waals surface area contributed by atoms with E-state index in [1.807, 2.05) is 60.7 Å². The molecule has 0 bridgehead atoms. The van der Waals surface area contributed by atoms with E-state index >= 15 is 0 Å². The van der Waals surface area contributed by atoms with Crippen molar-refractivity contribution in [1.29, 1.82) is 0 Å². The van der Waals surface area contributed by atoms with E-state index in [4.69, 9.17) is 0 Å². The fourth-order valence-electron chi connectivity index (χ4n) is 6.31. The average molecular weight is 597 g/mol. The molecule has 0 aliphatic rings. The first kappa shape index (κ1) is 29.5. The maximum absolute atomic E-state index is 12.6. The van der Waals surface area contributed by atoms with Crippen LogP contribution in [0.5, 0.6) is 0 Å². The summed E-state index contributed by atoms with van der Waals surface area (Å²) in [6.45, 7) is 0. The van der Waals surface area contributed by atoms with Crippen molar-refractivity contribution < 1.29 is 23.1 Å². The molecule has 226 valence electrons. The second kappa shape index (κ2) is 12.6. The van der Waals surface area contributed by atoms with Crippen LogP contribution in [-0.4, -0.2) is 27.2 Å². The summed E-state index contributed by atoms with van der Waals surface area (Å²) in [5, 5.41) is 13.0. The van der Waals surface area contributed by atoms with Gasteiger partial charge in [-0.1, -0.05) is 86.7 Å². The van der Waals surface area contributed by atoms with Crippen LogP contribution in [0.25, 0.3) is 55.1 Å². The monoisotopic (exact) mass is 596 g/mol. The zero-order valence-electron chi connectivity index (χ0n) is 24.4. The molecule has 4 aromatic carbocycles. The van der Waals surface area contributed by atoms with Gasteiger partial charge in [0.2, 0.25) is 0 Å². The minimum absolute atomic E-state index is 0.221. The summed E-state index contributed by atoms with van der Waals surface area (Å²) in [7, 11) is 0. The smallest absolute Gasteiger partial charge is 0.389 e. The number of unbranched alkanes of at least 4 members (excludes halogenated alkanes) is 6. The number of fused-ring (bicyclic) bond motifs is 4. The summed E-state index contributed by atoms with van der Waals surface area (Å²) < 4.78 is 36.9. The fraction of sp³-hybridized carbons (Fsp3) is 0.270. The number of aromatic carboxylic acids is 1. The van der Waals surface area contributed by atoms with Crippen LogP contribution in [-0.2, 0) is 6.42 Å². The molecule has 0 aliphatic carbocycles. The highest BCUT2D eigenvalue weighted by Gasteiger charge is 2.25. The second-order valence-electron chi connectivity index (χ2n) is 11.7. The quantitative estimate of drug-likeness (QED) is 0.123. The number of benzene rings is 4. The number of alkyl halides is 3. The average Bonchev–Trinajstić information content (AvgIpc) is 3.61. The predicted octanol–water partition coefficient (Wildman–Crippen LogP) is 11.1. The second-order valence-corrected chi connectivity index (χ2v) is 11.7. The Morgan fingerprint density at radius 2 is 1.39 bits per heavy atom. The van der Waals surface area contributed by atoms with Gasteiger partial charge in [0.05, 0.1) is 5.56 Å². The number of hydrogen-bond donors (Lipinski definition) is 3. The van der Waals surface area contributed by atoms with Crippen molar-refractivity contribution in [3.63, 3.8) is 0 Å². The highest BCUT2D eigenvalue weighted by molar-refractivity contribution is 6.21. The van der Waals surface area contributed by atoms with Crippen LogP contribution in [0.1, 0.15) is 67.3 Å². The van der Waals surface area contributed by atoms with Crippen LogP contribution in [0, 0.1) is 0 Å². The van der Waals surface area contributed by atoms with E-state index < -0.39 is 18.6 Å². The van der Waals surface area contributed by atoms with Crippen LogP contribution in [0.2, 0.25) is 0 Å². The van der Waals surface area contributed by atoms with Crippen molar-refractivity contribution in [3.05, 3.63) is 96.1 Å². The van der Waals surface area contributed by atoms with Gasteiger partial charge in [-0.2, -0.15) is 13.2 Å². The number of H-pyrrole nitrogens is 2. The summed E-state index contributed by atoms with van der Waals surface area (Å²) in [5.41, 5.74) is 7.81. The zero-order valence-corrected chi connectivity index (χ0v) is 24.4. The molecule has 3 N–H and O–H groups in total. The van der Waals surface area contributed by atoms with Gasteiger partial charge in [0.25, 0.3) is 0 Å². The third-order valence-corrected chi connectivity index (χ3v) is 8.46. The number of carboxylic acids is 1. The highest BCUT2D eigenvalue weighted by Crippen LogP contribution is 2.39. The van der Waals surface area contributed by atoms with Crippen molar-refractivity contribution >= 4 is 38.7 Å². The number of para-hydroxylation sites is 1. The molecule has 0 saturated carbocycles. The van der Waals surface area contributed by atoms with Gasteiger partial charge in [0, 0.05) is 50.4 Å². The lowest BCUT2D eigenvalue weighted by Crippen LogP contribution is -2.06. The number of nitrogens with one attached hydrogen (secondary N) is 2. The predicted molar refractivity (Wildman–Crippen MR) is 172 cm³/mol. The molecule has 2 heterocycles. The number of carboxylic acid groups (broad SMARTS) is 1. The summed E-state index contributed by atoms with van der Waals surface area (Å²) >= 11 is 0. The maximum atomic E-state index is 12.6. The first-order chi connectivity index (χ1) is 21.3. The summed E-state index contributed by atoms with van der Waals surface area (Å²) in [4.78, 5) is 19.5. The first-order valence-electron chi connectivity index (χ1n) is 15.3. The van der Waals surface area contributed by atoms with Gasteiger partial charge in [0.1, 0.15) is 0 Å². The maximum Gasteiger partial charge on any atom is 0.389 e. The third-order valence-electron chi connectivity index (χ3n) is 8.46. The van der Waals surface area contributed by atoms with Crippen LogP contribution >= 0.6 is 0 Å². The number of aromatic amines is 2. The third kappa shape index (κ3) is 6.52. The number of aryl methyl sites for hydroxylation is 1. The Labute approximate surface area is 253 Å². The molecule has 6 rings (SSSR count). The van der Waals surface area contributed by atoms with Gasteiger partial charge in [0.15, 0.2) is 0 Å². The van der Waals surface area contributed by atoms with Crippen molar-refractivity contribution in [2.24, 2.45) is 0 Å². The van der Waals surface area contributed by atoms with E-state index in [1.165, 1.54) is 5.56 Å². The van der Waals surface area contributed by atoms with Gasteiger partial charge in [-0.05, 0) is 66.3 Å². The van der Waals surface area contributed by atoms with Crippen LogP contribution in [0.4, 0.5) is 13.2 Å². The summed E-state index contributed by atoms with van der Waals surface area (Å²) in [5.74, 6) is -0.974. The number of rotatable bonds is 12. The Balaban J connectivity index is 1.22. The molecule has 44 heavy (non-hydrogen) atoms. The Bertz CT molecular complexity index is 1900. The lowest BCUT2D eigenvalue weighted by molar-refractivity contribution is -0.135. The molecule has 4 nitrogen and oxygen atoms in total. The van der Waals surface area contributed by atoms with E-state index in [0.29, 0.717) is 11.8 Å². The molecule has 0 amide bonds. The van der Waals surface area contributed by atoms with Crippen molar-refractivity contribution in [2.45, 2.75) is 64.0 Å². The molecular weight excluding hydrogens is 561 g/mol. The van der Waals surface area contributed by atoms with Gasteiger partial charge in [-0.3, -0.25) is 0 Å². The van der Waals surface area contributed by atoms with E-state index in [1.54, 1.807) is 6.07 Å². The van der Waals surface area contributed by atoms with Gasteiger partial charge in [-0.15, -0.1) is 0 Å². The molecule has 6 aromatic rings. The Morgan fingerprint density at radius 3 is 2.16 bits per heavy atom. The highest BCUT2D eigenvalue weighted by atomic mass is 19.4. The lowest BCUT2D eigenvalue weighted by Gasteiger charge is -2.09. The van der Waals surface area contributed by atoms with Gasteiger partial charge >= 0.3 is 12.1 Å². The van der Waals surface area contributed by atoms with Crippen LogP contribution < -0.4 is 0 Å². The molecular formula is C37H35F3N2O2. The molecule has 0 unspecified atom stereocenters. The fourth-order valence-corrected chi connectivity index (χ4v) is 6.31. The summed E-state index contributed by atoms with van der Waals surface area (Å²) in [6.07, 6.45) is 1.95. The minimum atomic E-state index is -4.05. The van der Waals surface area contributed by atoms with Crippen molar-refractivity contribution in [1.82, 2.24) is 9.97 Å². The Hall–Kier alpha value is -4.52. The van der Waals surface area contributed by atoms with Gasteiger partial charge in [-0.25, -0.2) is 4.79 Å². The van der Waals surface area contributed by atoms with Gasteiger partial charge < -0.3 is 15.1 Å². The SMILES string of the molecule is O=C(O)c1cc(-c2cc3ccccc3[nH]2)cc2[nH]c3cccc(-c4cccc(CCCCCCCCCC(F)(F)F)c4)c3c12. The molecule has 0 atom stereocenters. The number of carbonyl (C=O) groups is 1. The molecule has 0 spiro atoms. The van der Waals surface area contributed by atoms with Crippen LogP contribution in [0.3, 0.4) is 0 Å². The molecule has 0 saturated heterocycles. The zero-order chi connectivity index (χ0) is 30.7. The normalized spacial score (nSPS) is 12.1. The molecule has 0 radical (unpaired) electrons. The molecule has 0 aliphatic heterocycles. The van der Waals surface area contributed by atoms with Crippen molar-refractivity contribution in [2.75, 3.05) is 0 Å².